The van der Waals surface area contributed by atoms with Crippen LogP contribution >= 0.6 is 0 Å². The Balaban J connectivity index is 2.31. The number of hydrogen-bond acceptors (Lipinski definition) is 0. The maximum absolute atomic E-state index is 5.39. The summed E-state index contributed by atoms with van der Waals surface area (Å²) in [6.45, 7) is 2.07. The molecule has 1 aliphatic rings. The van der Waals surface area contributed by atoms with E-state index in [1.54, 1.807) is 0 Å². The number of hydrogen-bond donors (Lipinski definition) is 1. The predicted molar refractivity (Wildman–Crippen MR) is 54.7 cm³/mol. The average Bonchev–Trinajstić information content (AvgIpc) is 2.59. The normalized spacial score (nSPS) is 17.5. The predicted octanol–water partition coefficient (Wildman–Crippen LogP) is 2.63. The maximum atomic E-state index is 5.39. The van der Waals surface area contributed by atoms with Crippen molar-refractivity contribution in [2.24, 2.45) is 0 Å². The molecule has 1 nitrogen and oxygen atoms in total. The Morgan fingerprint density at radius 2 is 2.23 bits per heavy atom. The number of terminal acetylenes is 1. The van der Waals surface area contributed by atoms with Crippen molar-refractivity contribution in [1.82, 2.24) is 4.98 Å². The van der Waals surface area contributed by atoms with E-state index in [0.29, 0.717) is 0 Å². The lowest BCUT2D eigenvalue weighted by Gasteiger charge is -2.09. The third kappa shape index (κ3) is 1.49. The summed E-state index contributed by atoms with van der Waals surface area (Å²) in [6, 6.07) is 2.25. The number of H-pyrrole nitrogens is 1. The quantitative estimate of drug-likeness (QED) is 0.628. The highest BCUT2D eigenvalue weighted by Crippen LogP contribution is 2.24. The molecule has 0 aromatic carbocycles. The molecule has 0 saturated carbocycles. The molecule has 1 heterocycles. The molecule has 1 unspecified atom stereocenters. The van der Waals surface area contributed by atoms with Gasteiger partial charge in [-0.15, -0.1) is 6.42 Å². The van der Waals surface area contributed by atoms with Crippen LogP contribution in [0.4, 0.5) is 0 Å². The van der Waals surface area contributed by atoms with Gasteiger partial charge in [0.15, 0.2) is 0 Å². The largest absolute Gasteiger partial charge is 0.361 e. The molecule has 2 rings (SSSR count). The van der Waals surface area contributed by atoms with Crippen molar-refractivity contribution in [2.75, 3.05) is 0 Å². The topological polar surface area (TPSA) is 15.8 Å². The van der Waals surface area contributed by atoms with Gasteiger partial charge >= 0.3 is 0 Å². The Labute approximate surface area is 79.6 Å². The molecule has 1 aromatic rings. The molecule has 0 spiro atoms. The van der Waals surface area contributed by atoms with Gasteiger partial charge < -0.3 is 4.98 Å². The number of nitrogens with one attached hydrogen (secondary N) is 1. The molecular weight excluding hydrogens is 158 g/mol. The second kappa shape index (κ2) is 3.30. The fraction of sp³-hybridized carbons (Fsp3) is 0.500. The molecule has 0 saturated heterocycles. The minimum atomic E-state index is 0.227. The van der Waals surface area contributed by atoms with Crippen molar-refractivity contribution in [1.29, 1.82) is 0 Å². The first-order valence-electron chi connectivity index (χ1n) is 4.98. The van der Waals surface area contributed by atoms with Crippen molar-refractivity contribution >= 4 is 0 Å². The van der Waals surface area contributed by atoms with Crippen molar-refractivity contribution in [2.45, 2.75) is 38.5 Å². The van der Waals surface area contributed by atoms with E-state index in [4.69, 9.17) is 6.42 Å². The van der Waals surface area contributed by atoms with E-state index in [1.807, 2.05) is 0 Å². The summed E-state index contributed by atoms with van der Waals surface area (Å²) in [4.78, 5) is 3.44. The van der Waals surface area contributed by atoms with Crippen molar-refractivity contribution < 1.29 is 0 Å². The Morgan fingerprint density at radius 1 is 1.46 bits per heavy atom. The number of aryl methyl sites for hydroxylation is 2. The second-order valence-electron chi connectivity index (χ2n) is 3.82. The third-order valence-electron chi connectivity index (χ3n) is 2.85. The number of fused-ring (bicyclic) bond motifs is 1. The highest BCUT2D eigenvalue weighted by atomic mass is 14.7. The van der Waals surface area contributed by atoms with Crippen molar-refractivity contribution in [3.05, 3.63) is 23.0 Å². The molecule has 13 heavy (non-hydrogen) atoms. The molecule has 0 amide bonds. The van der Waals surface area contributed by atoms with Gasteiger partial charge in [0.2, 0.25) is 0 Å². The van der Waals surface area contributed by atoms with Gasteiger partial charge in [-0.1, -0.05) is 5.92 Å². The highest BCUT2D eigenvalue weighted by Gasteiger charge is 2.14. The Kier molecular flexibility index (Phi) is 2.14. The molecule has 1 N–H and O–H groups in total. The smallest absolute Gasteiger partial charge is 0.0572 e. The fourth-order valence-corrected chi connectivity index (χ4v) is 1.95. The van der Waals surface area contributed by atoms with Gasteiger partial charge in [0.25, 0.3) is 0 Å². The number of rotatable bonds is 1. The summed E-state index contributed by atoms with van der Waals surface area (Å²) in [5.41, 5.74) is 4.13. The molecule has 1 heteroatoms. The molecule has 0 radical (unpaired) electrons. The van der Waals surface area contributed by atoms with Crippen molar-refractivity contribution in [3.8, 4) is 12.3 Å². The van der Waals surface area contributed by atoms with E-state index in [9.17, 15) is 0 Å². The van der Waals surface area contributed by atoms with Crippen LogP contribution in [0, 0.1) is 12.3 Å². The first kappa shape index (κ1) is 8.44. The molecule has 1 aliphatic carbocycles. The molecular formula is C12H15N. The van der Waals surface area contributed by atoms with Crippen LogP contribution in [-0.2, 0) is 12.8 Å². The van der Waals surface area contributed by atoms with Crippen LogP contribution in [0.25, 0.3) is 0 Å². The molecule has 0 aliphatic heterocycles. The lowest BCUT2D eigenvalue weighted by Crippen LogP contribution is -1.99. The van der Waals surface area contributed by atoms with Gasteiger partial charge in [0.05, 0.1) is 5.92 Å². The Morgan fingerprint density at radius 3 is 2.92 bits per heavy atom. The summed E-state index contributed by atoms with van der Waals surface area (Å²) in [5.74, 6) is 2.99. The van der Waals surface area contributed by atoms with E-state index < -0.39 is 0 Å². The Bertz CT molecular complexity index is 317. The minimum Gasteiger partial charge on any atom is -0.361 e. The zero-order chi connectivity index (χ0) is 9.26. The lowest BCUT2D eigenvalue weighted by molar-refractivity contribution is 0.676. The van der Waals surface area contributed by atoms with Crippen LogP contribution in [0.5, 0.6) is 0 Å². The SMILES string of the molecule is C#CC(C)c1cc2c([nH]1)CCCC2. The fourth-order valence-electron chi connectivity index (χ4n) is 1.95. The van der Waals surface area contributed by atoms with E-state index in [1.165, 1.54) is 42.6 Å². The highest BCUT2D eigenvalue weighted by molar-refractivity contribution is 5.32. The number of aromatic nitrogens is 1. The molecule has 0 bridgehead atoms. The monoisotopic (exact) mass is 173 g/mol. The zero-order valence-corrected chi connectivity index (χ0v) is 8.06. The summed E-state index contributed by atoms with van der Waals surface area (Å²) in [5, 5.41) is 0. The molecule has 1 aromatic heterocycles. The van der Waals surface area contributed by atoms with Crippen LogP contribution < -0.4 is 0 Å². The van der Waals surface area contributed by atoms with Crippen LogP contribution in [0.1, 0.15) is 42.6 Å². The van der Waals surface area contributed by atoms with Gasteiger partial charge in [-0.3, -0.25) is 0 Å². The van der Waals surface area contributed by atoms with Gasteiger partial charge in [-0.25, -0.2) is 0 Å². The summed E-state index contributed by atoms with van der Waals surface area (Å²) >= 11 is 0. The van der Waals surface area contributed by atoms with Crippen molar-refractivity contribution in [3.63, 3.8) is 0 Å². The van der Waals surface area contributed by atoms with Crippen LogP contribution in [-0.4, -0.2) is 4.98 Å². The molecule has 0 fully saturated rings. The van der Waals surface area contributed by atoms with Gasteiger partial charge in [0.1, 0.15) is 0 Å². The number of aromatic amines is 1. The van der Waals surface area contributed by atoms with E-state index in [0.717, 1.165) is 0 Å². The van der Waals surface area contributed by atoms with E-state index in [2.05, 4.69) is 23.9 Å². The standard InChI is InChI=1S/C12H15N/c1-3-9(2)12-8-10-6-4-5-7-11(10)13-12/h1,8-9,13H,4-7H2,2H3. The van der Waals surface area contributed by atoms with Crippen LogP contribution in [0.2, 0.25) is 0 Å². The van der Waals surface area contributed by atoms with Gasteiger partial charge in [-0.2, -0.15) is 0 Å². The first-order valence-corrected chi connectivity index (χ1v) is 4.98. The first-order chi connectivity index (χ1) is 6.31. The summed E-state index contributed by atoms with van der Waals surface area (Å²) in [7, 11) is 0. The van der Waals surface area contributed by atoms with Gasteiger partial charge in [0, 0.05) is 11.4 Å². The zero-order valence-electron chi connectivity index (χ0n) is 8.06. The van der Waals surface area contributed by atoms with Crippen LogP contribution in [0.15, 0.2) is 6.07 Å². The van der Waals surface area contributed by atoms with E-state index >= 15 is 0 Å². The van der Waals surface area contributed by atoms with E-state index in [-0.39, 0.29) is 5.92 Å². The van der Waals surface area contributed by atoms with Gasteiger partial charge in [-0.05, 0) is 44.2 Å². The Hall–Kier alpha value is -1.16. The molecule has 1 atom stereocenters. The lowest BCUT2D eigenvalue weighted by atomic mass is 9.98. The maximum Gasteiger partial charge on any atom is 0.0572 e. The second-order valence-corrected chi connectivity index (χ2v) is 3.82. The summed E-state index contributed by atoms with van der Waals surface area (Å²) in [6.07, 6.45) is 10.5. The summed E-state index contributed by atoms with van der Waals surface area (Å²) < 4.78 is 0. The minimum absolute atomic E-state index is 0.227. The van der Waals surface area contributed by atoms with Crippen LogP contribution in [0.3, 0.4) is 0 Å². The molecule has 68 valence electrons. The third-order valence-corrected chi connectivity index (χ3v) is 2.85. The average molecular weight is 173 g/mol.